The zero-order valence-electron chi connectivity index (χ0n) is 14.6. The molecule has 0 bridgehead atoms. The van der Waals surface area contributed by atoms with Crippen LogP contribution in [0.5, 0.6) is 0 Å². The van der Waals surface area contributed by atoms with E-state index in [0.29, 0.717) is 0 Å². The molecule has 0 aliphatic rings. The zero-order valence-corrected chi connectivity index (χ0v) is 24.3. The molecule has 0 spiro atoms. The molecule has 4 rings (SSSR count). The van der Waals surface area contributed by atoms with Crippen molar-refractivity contribution in [2.75, 3.05) is 4.43 Å². The average Bonchev–Trinajstić information content (AvgIpc) is 3.16. The van der Waals surface area contributed by atoms with Crippen molar-refractivity contribution in [3.05, 3.63) is 52.7 Å². The standard InChI is InChI=1S/C9H8BrIN2.C7H4BrIN2.C2H5I/c1-2-13-8-5-6(10)3-4-7(8)9(11)12-13;8-4-1-2-5-6(3-4)10-11-7(5)9;1-2-3/h3-5H,2H2,1H3;1-3H,(H,10,11);2H2,1H3. The van der Waals surface area contributed by atoms with Crippen LogP contribution in [0, 0.1) is 7.40 Å². The minimum atomic E-state index is 0.913. The Kier molecular flexibility index (Phi) is 10.3. The second-order valence-corrected chi connectivity index (χ2v) is 10.7. The van der Waals surface area contributed by atoms with Crippen LogP contribution in [0.4, 0.5) is 0 Å². The summed E-state index contributed by atoms with van der Waals surface area (Å²) >= 11 is 13.6. The van der Waals surface area contributed by atoms with E-state index in [9.17, 15) is 0 Å². The maximum Gasteiger partial charge on any atom is 0.131 e. The van der Waals surface area contributed by atoms with Gasteiger partial charge in [0.05, 0.1) is 11.0 Å². The van der Waals surface area contributed by atoms with Crippen molar-refractivity contribution in [3.8, 4) is 0 Å². The number of hydrogen-bond donors (Lipinski definition) is 1. The van der Waals surface area contributed by atoms with E-state index in [0.717, 1.165) is 28.4 Å². The molecular formula is C18H17Br2I3N4. The van der Waals surface area contributed by atoms with Crippen molar-refractivity contribution in [2.45, 2.75) is 20.4 Å². The number of fused-ring (bicyclic) bond motifs is 2. The highest BCUT2D eigenvalue weighted by Crippen LogP contribution is 2.24. The average molecular weight is 830 g/mol. The van der Waals surface area contributed by atoms with Gasteiger partial charge in [-0.2, -0.15) is 10.2 Å². The highest BCUT2D eigenvalue weighted by atomic mass is 127. The molecule has 2 aromatic carbocycles. The lowest BCUT2D eigenvalue weighted by atomic mass is 10.2. The first kappa shape index (κ1) is 23.8. The number of H-pyrrole nitrogens is 1. The SMILES string of the molecule is Brc1ccc2c(I)[nH]nc2c1.CCI.CCn1nc(I)c2ccc(Br)cc21. The van der Waals surface area contributed by atoms with Crippen LogP contribution in [0.3, 0.4) is 0 Å². The van der Waals surface area contributed by atoms with Crippen molar-refractivity contribution < 1.29 is 0 Å². The molecule has 1 N–H and O–H groups in total. The molecule has 0 amide bonds. The smallest absolute Gasteiger partial charge is 0.131 e. The second kappa shape index (κ2) is 11.6. The van der Waals surface area contributed by atoms with E-state index in [1.165, 1.54) is 20.7 Å². The number of halogens is 5. The topological polar surface area (TPSA) is 46.5 Å². The summed E-state index contributed by atoms with van der Waals surface area (Å²) in [7, 11) is 0. The van der Waals surface area contributed by atoms with E-state index in [1.54, 1.807) is 0 Å². The number of aromatic nitrogens is 4. The van der Waals surface area contributed by atoms with E-state index >= 15 is 0 Å². The maximum absolute atomic E-state index is 4.43. The van der Waals surface area contributed by atoms with Crippen LogP contribution in [-0.2, 0) is 6.54 Å². The first-order valence-electron chi connectivity index (χ1n) is 8.07. The predicted molar refractivity (Wildman–Crippen MR) is 147 cm³/mol. The molecule has 144 valence electrons. The number of benzene rings is 2. The van der Waals surface area contributed by atoms with Crippen molar-refractivity contribution in [2.24, 2.45) is 0 Å². The van der Waals surface area contributed by atoms with Crippen LogP contribution in [0.2, 0.25) is 0 Å². The molecule has 4 aromatic rings. The third-order valence-electron chi connectivity index (χ3n) is 3.44. The van der Waals surface area contributed by atoms with Gasteiger partial charge in [-0.05, 0) is 92.9 Å². The van der Waals surface area contributed by atoms with Crippen LogP contribution in [-0.4, -0.2) is 24.4 Å². The third-order valence-corrected chi connectivity index (χ3v) is 6.04. The molecule has 0 radical (unpaired) electrons. The van der Waals surface area contributed by atoms with Crippen LogP contribution < -0.4 is 0 Å². The molecule has 0 fully saturated rings. The zero-order chi connectivity index (χ0) is 20.0. The number of rotatable bonds is 1. The van der Waals surface area contributed by atoms with E-state index in [-0.39, 0.29) is 0 Å². The predicted octanol–water partition coefficient (Wildman–Crippen LogP) is 7.79. The van der Waals surface area contributed by atoms with E-state index in [2.05, 4.69) is 141 Å². The Morgan fingerprint density at radius 2 is 1.59 bits per heavy atom. The monoisotopic (exact) mass is 828 g/mol. The number of nitrogens with one attached hydrogen (secondary N) is 1. The van der Waals surface area contributed by atoms with Crippen molar-refractivity contribution >= 4 is 121 Å². The Hall–Kier alpha value is 0.530. The summed E-state index contributed by atoms with van der Waals surface area (Å²) in [5, 5.41) is 13.9. The molecule has 4 nitrogen and oxygen atoms in total. The van der Waals surface area contributed by atoms with Gasteiger partial charge in [0.25, 0.3) is 0 Å². The van der Waals surface area contributed by atoms with Crippen molar-refractivity contribution in [1.82, 2.24) is 20.0 Å². The Labute approximate surface area is 216 Å². The minimum Gasteiger partial charge on any atom is -0.271 e. The number of alkyl halides is 1. The summed E-state index contributed by atoms with van der Waals surface area (Å²) < 4.78 is 7.56. The Morgan fingerprint density at radius 3 is 2.22 bits per heavy atom. The molecule has 0 aliphatic carbocycles. The fourth-order valence-electron chi connectivity index (χ4n) is 2.30. The summed E-state index contributed by atoms with van der Waals surface area (Å²) in [4.78, 5) is 0. The summed E-state index contributed by atoms with van der Waals surface area (Å²) in [6.07, 6.45) is 0. The van der Waals surface area contributed by atoms with Crippen molar-refractivity contribution in [3.63, 3.8) is 0 Å². The molecule has 27 heavy (non-hydrogen) atoms. The molecular weight excluding hydrogens is 813 g/mol. The first-order valence-corrected chi connectivity index (χ1v) is 13.3. The molecule has 0 atom stereocenters. The first-order chi connectivity index (χ1) is 12.9. The van der Waals surface area contributed by atoms with Gasteiger partial charge in [0, 0.05) is 26.3 Å². The second-order valence-electron chi connectivity index (χ2n) is 5.23. The quantitative estimate of drug-likeness (QED) is 0.158. The molecule has 0 unspecified atom stereocenters. The number of nitrogens with zero attached hydrogens (tertiary/aromatic N) is 3. The highest BCUT2D eigenvalue weighted by molar-refractivity contribution is 14.1. The number of hydrogen-bond acceptors (Lipinski definition) is 2. The minimum absolute atomic E-state index is 0.913. The van der Waals surface area contributed by atoms with Gasteiger partial charge in [-0.3, -0.25) is 9.78 Å². The van der Waals surface area contributed by atoms with Gasteiger partial charge in [0.15, 0.2) is 0 Å². The molecule has 0 aliphatic heterocycles. The Bertz CT molecular complexity index is 1030. The maximum atomic E-state index is 4.43. The summed E-state index contributed by atoms with van der Waals surface area (Å²) in [6, 6.07) is 12.3. The van der Waals surface area contributed by atoms with Gasteiger partial charge >= 0.3 is 0 Å². The fourth-order valence-corrected chi connectivity index (χ4v) is 4.29. The molecule has 0 saturated heterocycles. The van der Waals surface area contributed by atoms with Gasteiger partial charge < -0.3 is 0 Å². The van der Waals surface area contributed by atoms with Gasteiger partial charge in [-0.1, -0.05) is 61.4 Å². The lowest BCUT2D eigenvalue weighted by Gasteiger charge is -1.97. The van der Waals surface area contributed by atoms with Crippen LogP contribution >= 0.6 is 99.6 Å². The summed E-state index contributed by atoms with van der Waals surface area (Å²) in [5.74, 6) is 0. The molecule has 0 saturated carbocycles. The third kappa shape index (κ3) is 6.51. The highest BCUT2D eigenvalue weighted by Gasteiger charge is 2.06. The van der Waals surface area contributed by atoms with Gasteiger partial charge in [0.1, 0.15) is 7.40 Å². The van der Waals surface area contributed by atoms with Gasteiger partial charge in [-0.15, -0.1) is 0 Å². The lowest BCUT2D eigenvalue weighted by molar-refractivity contribution is 0.678. The number of aromatic amines is 1. The largest absolute Gasteiger partial charge is 0.271 e. The lowest BCUT2D eigenvalue weighted by Crippen LogP contribution is -1.95. The van der Waals surface area contributed by atoms with Crippen molar-refractivity contribution in [1.29, 1.82) is 0 Å². The Morgan fingerprint density at radius 1 is 1.00 bits per heavy atom. The molecule has 9 heteroatoms. The van der Waals surface area contributed by atoms with Crippen LogP contribution in [0.15, 0.2) is 45.3 Å². The Balaban J connectivity index is 0.000000171. The van der Waals surface area contributed by atoms with Gasteiger partial charge in [-0.25, -0.2) is 0 Å². The van der Waals surface area contributed by atoms with Gasteiger partial charge in [0.2, 0.25) is 0 Å². The van der Waals surface area contributed by atoms with E-state index in [1.807, 2.05) is 28.9 Å². The van der Waals surface area contributed by atoms with E-state index < -0.39 is 0 Å². The fraction of sp³-hybridized carbons (Fsp3) is 0.222. The van der Waals surface area contributed by atoms with Crippen LogP contribution in [0.1, 0.15) is 13.8 Å². The molecule has 2 aromatic heterocycles. The number of aryl methyl sites for hydroxylation is 1. The van der Waals surface area contributed by atoms with E-state index in [4.69, 9.17) is 0 Å². The van der Waals surface area contributed by atoms with Crippen LogP contribution in [0.25, 0.3) is 21.8 Å². The normalized spacial score (nSPS) is 10.3. The summed E-state index contributed by atoms with van der Waals surface area (Å²) in [6.45, 7) is 5.12. The molecule has 2 heterocycles. The summed E-state index contributed by atoms with van der Waals surface area (Å²) in [5.41, 5.74) is 2.20.